The summed E-state index contributed by atoms with van der Waals surface area (Å²) in [5, 5.41) is 1.07. The molecule has 19 heavy (non-hydrogen) atoms. The standard InChI is InChI=1S/C15H15N3O/c1-8-5-4-6-11-7-12(19-14(8)11)13-9(2)15(16)18-10(3)17-13/h4-7H,1-3H3,(H2,16,17,18). The number of aryl methyl sites for hydroxylation is 2. The van der Waals surface area contributed by atoms with E-state index in [1.807, 2.05) is 45.0 Å². The third-order valence-electron chi connectivity index (χ3n) is 3.27. The maximum Gasteiger partial charge on any atom is 0.154 e. The quantitative estimate of drug-likeness (QED) is 0.721. The molecule has 4 heteroatoms. The van der Waals surface area contributed by atoms with Gasteiger partial charge in [-0.05, 0) is 32.4 Å². The Morgan fingerprint density at radius 3 is 2.63 bits per heavy atom. The van der Waals surface area contributed by atoms with Gasteiger partial charge in [0.05, 0.1) is 0 Å². The molecular formula is C15H15N3O. The highest BCUT2D eigenvalue weighted by Crippen LogP contribution is 2.31. The molecule has 0 atom stereocenters. The molecule has 0 amide bonds. The molecular weight excluding hydrogens is 238 g/mol. The first-order valence-corrected chi connectivity index (χ1v) is 6.16. The Balaban J connectivity index is 2.28. The van der Waals surface area contributed by atoms with Crippen LogP contribution in [-0.4, -0.2) is 9.97 Å². The molecule has 0 unspecified atom stereocenters. The number of benzene rings is 1. The molecule has 0 saturated heterocycles. The van der Waals surface area contributed by atoms with Crippen molar-refractivity contribution in [2.45, 2.75) is 20.8 Å². The van der Waals surface area contributed by atoms with E-state index in [-0.39, 0.29) is 0 Å². The third kappa shape index (κ3) is 1.85. The first-order valence-electron chi connectivity index (χ1n) is 6.16. The first-order chi connectivity index (χ1) is 9.06. The van der Waals surface area contributed by atoms with Gasteiger partial charge in [-0.3, -0.25) is 0 Å². The molecule has 0 aliphatic carbocycles. The highest BCUT2D eigenvalue weighted by molar-refractivity contribution is 5.85. The van der Waals surface area contributed by atoms with Crippen LogP contribution in [0.15, 0.2) is 28.7 Å². The summed E-state index contributed by atoms with van der Waals surface area (Å²) in [4.78, 5) is 8.60. The number of rotatable bonds is 1. The maximum atomic E-state index is 5.93. The Bertz CT molecular complexity index is 774. The summed E-state index contributed by atoms with van der Waals surface area (Å²) in [6.45, 7) is 5.76. The molecule has 2 N–H and O–H groups in total. The lowest BCUT2D eigenvalue weighted by Gasteiger charge is -2.05. The van der Waals surface area contributed by atoms with Gasteiger partial charge >= 0.3 is 0 Å². The van der Waals surface area contributed by atoms with Crippen LogP contribution < -0.4 is 5.73 Å². The lowest BCUT2D eigenvalue weighted by atomic mass is 10.1. The summed E-state index contributed by atoms with van der Waals surface area (Å²) < 4.78 is 5.93. The summed E-state index contributed by atoms with van der Waals surface area (Å²) >= 11 is 0. The van der Waals surface area contributed by atoms with Crippen LogP contribution in [0.3, 0.4) is 0 Å². The van der Waals surface area contributed by atoms with Crippen molar-refractivity contribution in [3.8, 4) is 11.5 Å². The fourth-order valence-electron chi connectivity index (χ4n) is 2.22. The minimum Gasteiger partial charge on any atom is -0.454 e. The second-order valence-electron chi connectivity index (χ2n) is 4.73. The lowest BCUT2D eigenvalue weighted by molar-refractivity contribution is 0.624. The molecule has 0 fully saturated rings. The number of nitrogen functional groups attached to an aromatic ring is 1. The molecule has 3 rings (SSSR count). The fourth-order valence-corrected chi connectivity index (χ4v) is 2.22. The van der Waals surface area contributed by atoms with Gasteiger partial charge in [-0.2, -0.15) is 0 Å². The molecule has 0 bridgehead atoms. The van der Waals surface area contributed by atoms with E-state index in [1.165, 1.54) is 0 Å². The van der Waals surface area contributed by atoms with Gasteiger partial charge in [-0.15, -0.1) is 0 Å². The van der Waals surface area contributed by atoms with E-state index in [9.17, 15) is 0 Å². The number of nitrogens with two attached hydrogens (primary N) is 1. The van der Waals surface area contributed by atoms with E-state index in [4.69, 9.17) is 10.2 Å². The van der Waals surface area contributed by atoms with Gasteiger partial charge in [0.1, 0.15) is 22.9 Å². The fraction of sp³-hybridized carbons (Fsp3) is 0.200. The molecule has 0 radical (unpaired) electrons. The smallest absolute Gasteiger partial charge is 0.154 e. The van der Waals surface area contributed by atoms with Gasteiger partial charge in [-0.1, -0.05) is 18.2 Å². The van der Waals surface area contributed by atoms with E-state index in [2.05, 4.69) is 9.97 Å². The van der Waals surface area contributed by atoms with Crippen molar-refractivity contribution < 1.29 is 4.42 Å². The minimum atomic E-state index is 0.500. The van der Waals surface area contributed by atoms with Crippen LogP contribution in [-0.2, 0) is 0 Å². The van der Waals surface area contributed by atoms with Gasteiger partial charge in [0, 0.05) is 10.9 Å². The number of fused-ring (bicyclic) bond motifs is 1. The molecule has 2 aromatic heterocycles. The van der Waals surface area contributed by atoms with Crippen LogP contribution in [0.25, 0.3) is 22.4 Å². The topological polar surface area (TPSA) is 64.9 Å². The Kier molecular flexibility index (Phi) is 2.52. The Morgan fingerprint density at radius 2 is 1.89 bits per heavy atom. The van der Waals surface area contributed by atoms with Crippen LogP contribution in [0.1, 0.15) is 17.0 Å². The zero-order valence-electron chi connectivity index (χ0n) is 11.2. The van der Waals surface area contributed by atoms with Crippen molar-refractivity contribution in [3.63, 3.8) is 0 Å². The number of anilines is 1. The van der Waals surface area contributed by atoms with E-state index in [0.717, 1.165) is 33.6 Å². The van der Waals surface area contributed by atoms with Crippen LogP contribution in [0, 0.1) is 20.8 Å². The minimum absolute atomic E-state index is 0.500. The average Bonchev–Trinajstić information content (AvgIpc) is 2.79. The second-order valence-corrected chi connectivity index (χ2v) is 4.73. The molecule has 2 heterocycles. The van der Waals surface area contributed by atoms with E-state index >= 15 is 0 Å². The molecule has 96 valence electrons. The van der Waals surface area contributed by atoms with Crippen LogP contribution in [0.2, 0.25) is 0 Å². The molecule has 1 aromatic carbocycles. The van der Waals surface area contributed by atoms with Crippen molar-refractivity contribution in [2.24, 2.45) is 0 Å². The Labute approximate surface area is 111 Å². The number of hydrogen-bond acceptors (Lipinski definition) is 4. The van der Waals surface area contributed by atoms with Gasteiger partial charge < -0.3 is 10.2 Å². The number of nitrogens with zero attached hydrogens (tertiary/aromatic N) is 2. The number of aromatic nitrogens is 2. The highest BCUT2D eigenvalue weighted by atomic mass is 16.3. The van der Waals surface area contributed by atoms with Gasteiger partial charge in [0.2, 0.25) is 0 Å². The van der Waals surface area contributed by atoms with Crippen LogP contribution in [0.4, 0.5) is 5.82 Å². The SMILES string of the molecule is Cc1nc(N)c(C)c(-c2cc3cccc(C)c3o2)n1. The summed E-state index contributed by atoms with van der Waals surface area (Å²) in [6.07, 6.45) is 0. The van der Waals surface area contributed by atoms with E-state index in [1.54, 1.807) is 0 Å². The number of hydrogen-bond donors (Lipinski definition) is 1. The summed E-state index contributed by atoms with van der Waals surface area (Å²) in [7, 11) is 0. The van der Waals surface area contributed by atoms with Crippen molar-refractivity contribution >= 4 is 16.8 Å². The lowest BCUT2D eigenvalue weighted by Crippen LogP contribution is -2.01. The second kappa shape index (κ2) is 4.09. The summed E-state index contributed by atoms with van der Waals surface area (Å²) in [6, 6.07) is 8.07. The monoisotopic (exact) mass is 253 g/mol. The number of furan rings is 1. The maximum absolute atomic E-state index is 5.93. The van der Waals surface area contributed by atoms with Gasteiger partial charge in [0.25, 0.3) is 0 Å². The molecule has 4 nitrogen and oxygen atoms in total. The van der Waals surface area contributed by atoms with Crippen molar-refractivity contribution in [3.05, 3.63) is 41.2 Å². The molecule has 0 aliphatic heterocycles. The average molecular weight is 253 g/mol. The molecule has 0 spiro atoms. The highest BCUT2D eigenvalue weighted by Gasteiger charge is 2.14. The van der Waals surface area contributed by atoms with Gasteiger partial charge in [-0.25, -0.2) is 9.97 Å². The zero-order valence-corrected chi connectivity index (χ0v) is 11.2. The van der Waals surface area contributed by atoms with Crippen molar-refractivity contribution in [2.75, 3.05) is 5.73 Å². The largest absolute Gasteiger partial charge is 0.454 e. The molecule has 0 saturated carbocycles. The van der Waals surface area contributed by atoms with Crippen LogP contribution in [0.5, 0.6) is 0 Å². The van der Waals surface area contributed by atoms with Crippen molar-refractivity contribution in [1.29, 1.82) is 0 Å². The Morgan fingerprint density at radius 1 is 1.11 bits per heavy atom. The Hall–Kier alpha value is -2.36. The van der Waals surface area contributed by atoms with E-state index < -0.39 is 0 Å². The molecule has 3 aromatic rings. The van der Waals surface area contributed by atoms with Gasteiger partial charge in [0.15, 0.2) is 5.76 Å². The molecule has 0 aliphatic rings. The summed E-state index contributed by atoms with van der Waals surface area (Å²) in [5.74, 6) is 1.88. The zero-order chi connectivity index (χ0) is 13.6. The van der Waals surface area contributed by atoms with Crippen LogP contribution >= 0.6 is 0 Å². The normalized spacial score (nSPS) is 11.1. The predicted molar refractivity (Wildman–Crippen MR) is 75.9 cm³/mol. The van der Waals surface area contributed by atoms with Crippen molar-refractivity contribution in [1.82, 2.24) is 9.97 Å². The summed E-state index contributed by atoms with van der Waals surface area (Å²) in [5.41, 5.74) is 9.51. The van der Waals surface area contributed by atoms with E-state index in [0.29, 0.717) is 11.6 Å². The number of para-hydroxylation sites is 1. The third-order valence-corrected chi connectivity index (χ3v) is 3.27. The first kappa shape index (κ1) is 11.7. The predicted octanol–water partition coefficient (Wildman–Crippen LogP) is 3.40.